The number of carbonyl (C=O) groups is 1. The molecule has 3 rings (SSSR count). The molecule has 0 aromatic heterocycles. The van der Waals surface area contributed by atoms with Crippen molar-refractivity contribution in [1.29, 1.82) is 0 Å². The molecule has 4 heteroatoms. The van der Waals surface area contributed by atoms with Gasteiger partial charge in [-0.05, 0) is 18.1 Å². The monoisotopic (exact) mass is 315 g/mol. The van der Waals surface area contributed by atoms with Crippen LogP contribution in [0.4, 0.5) is 4.79 Å². The number of ether oxygens (including phenoxy) is 1. The second-order valence-corrected chi connectivity index (χ2v) is 5.74. The van der Waals surface area contributed by atoms with Crippen LogP contribution < -0.4 is 0 Å². The third-order valence-electron chi connectivity index (χ3n) is 4.13. The molecule has 3 nitrogen and oxygen atoms in total. The Balaban J connectivity index is 1.90. The second-order valence-electron chi connectivity index (χ2n) is 5.43. The average Bonchev–Trinajstić information content (AvgIpc) is 2.92. The number of hydrogen-bond acceptors (Lipinski definition) is 2. The van der Waals surface area contributed by atoms with Crippen LogP contribution in [0, 0.1) is 0 Å². The van der Waals surface area contributed by atoms with Crippen molar-refractivity contribution in [3.8, 4) is 0 Å². The van der Waals surface area contributed by atoms with Crippen LogP contribution in [0.2, 0.25) is 0 Å². The van der Waals surface area contributed by atoms with E-state index in [2.05, 4.69) is 0 Å². The Labute approximate surface area is 135 Å². The third kappa shape index (κ3) is 2.69. The van der Waals surface area contributed by atoms with Crippen molar-refractivity contribution in [3.63, 3.8) is 0 Å². The topological polar surface area (TPSA) is 29.5 Å². The van der Waals surface area contributed by atoms with Crippen LogP contribution >= 0.6 is 11.6 Å². The first kappa shape index (κ1) is 14.9. The normalized spacial score (nSPS) is 22.5. The Kier molecular flexibility index (Phi) is 4.34. The van der Waals surface area contributed by atoms with Crippen molar-refractivity contribution < 1.29 is 9.53 Å². The van der Waals surface area contributed by atoms with E-state index in [1.165, 1.54) is 0 Å². The summed E-state index contributed by atoms with van der Waals surface area (Å²) >= 11 is 6.17. The number of cyclic esters (lactones) is 1. The standard InChI is InChI=1S/C18H18ClNO2/c1-13(14-8-4-2-5-9-14)20-16(12-19)17(22-18(20)21)15-10-6-3-7-11-15/h2-11,13,16-17H,12H2,1H3/t13-,16+,17+/m1/s1. The smallest absolute Gasteiger partial charge is 0.411 e. The minimum absolute atomic E-state index is 0.0776. The van der Waals surface area contributed by atoms with Gasteiger partial charge in [-0.1, -0.05) is 60.7 Å². The molecule has 2 aromatic rings. The average molecular weight is 316 g/mol. The van der Waals surface area contributed by atoms with Crippen LogP contribution in [0.1, 0.15) is 30.2 Å². The second kappa shape index (κ2) is 6.41. The van der Waals surface area contributed by atoms with Crippen molar-refractivity contribution in [1.82, 2.24) is 4.90 Å². The summed E-state index contributed by atoms with van der Waals surface area (Å²) in [5.41, 5.74) is 2.05. The van der Waals surface area contributed by atoms with Gasteiger partial charge in [0.1, 0.15) is 0 Å². The maximum atomic E-state index is 12.4. The lowest BCUT2D eigenvalue weighted by atomic mass is 10.0. The number of halogens is 1. The molecule has 0 N–H and O–H groups in total. The molecule has 1 amide bonds. The lowest BCUT2D eigenvalue weighted by Crippen LogP contribution is -2.37. The molecule has 22 heavy (non-hydrogen) atoms. The Hall–Kier alpha value is -2.00. The molecule has 0 bridgehead atoms. The largest absolute Gasteiger partial charge is 0.439 e. The summed E-state index contributed by atoms with van der Waals surface area (Å²) in [5, 5.41) is 0. The molecule has 2 aromatic carbocycles. The quantitative estimate of drug-likeness (QED) is 0.775. The molecular weight excluding hydrogens is 298 g/mol. The molecule has 0 unspecified atom stereocenters. The predicted octanol–water partition coefficient (Wildman–Crippen LogP) is 4.55. The van der Waals surface area contributed by atoms with E-state index in [0.717, 1.165) is 11.1 Å². The summed E-state index contributed by atoms with van der Waals surface area (Å²) in [4.78, 5) is 14.1. The van der Waals surface area contributed by atoms with Gasteiger partial charge < -0.3 is 4.74 Å². The first-order valence-electron chi connectivity index (χ1n) is 7.37. The molecule has 0 saturated carbocycles. The first-order valence-corrected chi connectivity index (χ1v) is 7.90. The van der Waals surface area contributed by atoms with Crippen molar-refractivity contribution >= 4 is 17.7 Å². The van der Waals surface area contributed by atoms with E-state index in [1.54, 1.807) is 4.90 Å². The summed E-state index contributed by atoms with van der Waals surface area (Å²) in [5.74, 6) is 0.336. The Morgan fingerprint density at radius 1 is 1.09 bits per heavy atom. The predicted molar refractivity (Wildman–Crippen MR) is 86.9 cm³/mol. The van der Waals surface area contributed by atoms with Gasteiger partial charge in [0.05, 0.1) is 12.1 Å². The molecule has 0 radical (unpaired) electrons. The molecule has 3 atom stereocenters. The zero-order valence-electron chi connectivity index (χ0n) is 12.4. The summed E-state index contributed by atoms with van der Waals surface area (Å²) in [6.07, 6.45) is -0.631. The van der Waals surface area contributed by atoms with Crippen LogP contribution in [0.15, 0.2) is 60.7 Å². The fourth-order valence-electron chi connectivity index (χ4n) is 2.95. The van der Waals surface area contributed by atoms with Gasteiger partial charge >= 0.3 is 6.09 Å². The Morgan fingerprint density at radius 3 is 2.27 bits per heavy atom. The lowest BCUT2D eigenvalue weighted by Gasteiger charge is -2.28. The highest BCUT2D eigenvalue weighted by atomic mass is 35.5. The highest BCUT2D eigenvalue weighted by Crippen LogP contribution is 2.38. The van der Waals surface area contributed by atoms with Gasteiger partial charge in [-0.15, -0.1) is 11.6 Å². The van der Waals surface area contributed by atoms with Gasteiger partial charge in [0.25, 0.3) is 0 Å². The number of carbonyl (C=O) groups excluding carboxylic acids is 1. The number of rotatable bonds is 4. The van der Waals surface area contributed by atoms with Gasteiger partial charge in [0.15, 0.2) is 6.10 Å². The Bertz CT molecular complexity index is 632. The lowest BCUT2D eigenvalue weighted by molar-refractivity contribution is 0.128. The van der Waals surface area contributed by atoms with E-state index in [9.17, 15) is 4.79 Å². The van der Waals surface area contributed by atoms with E-state index < -0.39 is 0 Å². The van der Waals surface area contributed by atoms with Gasteiger partial charge in [-0.25, -0.2) is 4.79 Å². The third-order valence-corrected chi connectivity index (χ3v) is 4.45. The van der Waals surface area contributed by atoms with Crippen molar-refractivity contribution in [2.75, 3.05) is 5.88 Å². The van der Waals surface area contributed by atoms with Crippen molar-refractivity contribution in [2.45, 2.75) is 25.1 Å². The number of benzene rings is 2. The Morgan fingerprint density at radius 2 is 1.68 bits per heavy atom. The number of hydrogen-bond donors (Lipinski definition) is 0. The van der Waals surface area contributed by atoms with Crippen molar-refractivity contribution in [2.24, 2.45) is 0 Å². The highest BCUT2D eigenvalue weighted by Gasteiger charge is 2.44. The SMILES string of the molecule is C[C@H](c1ccccc1)N1C(=O)O[C@@H](c2ccccc2)[C@@H]1CCl. The van der Waals surface area contributed by atoms with Crippen molar-refractivity contribution in [3.05, 3.63) is 71.8 Å². The van der Waals surface area contributed by atoms with E-state index >= 15 is 0 Å². The highest BCUT2D eigenvalue weighted by molar-refractivity contribution is 6.18. The molecule has 1 saturated heterocycles. The number of nitrogens with zero attached hydrogens (tertiary/aromatic N) is 1. The van der Waals surface area contributed by atoms with Gasteiger partial charge in [-0.3, -0.25) is 4.90 Å². The minimum atomic E-state index is -0.322. The molecule has 0 aliphatic carbocycles. The van der Waals surface area contributed by atoms with Crippen LogP contribution in [-0.2, 0) is 4.74 Å². The summed E-state index contributed by atoms with van der Waals surface area (Å²) in [7, 11) is 0. The van der Waals surface area contributed by atoms with Crippen LogP contribution in [0.25, 0.3) is 0 Å². The molecular formula is C18H18ClNO2. The maximum Gasteiger partial charge on any atom is 0.411 e. The molecule has 114 valence electrons. The van der Waals surface area contributed by atoms with Gasteiger partial charge in [0.2, 0.25) is 0 Å². The summed E-state index contributed by atoms with van der Waals surface area (Å²) in [6, 6.07) is 19.4. The van der Waals surface area contributed by atoms with E-state index in [0.29, 0.717) is 5.88 Å². The zero-order valence-corrected chi connectivity index (χ0v) is 13.1. The molecule has 0 spiro atoms. The fourth-order valence-corrected chi connectivity index (χ4v) is 3.27. The van der Waals surface area contributed by atoms with Crippen LogP contribution in [-0.4, -0.2) is 22.9 Å². The number of alkyl halides is 1. The fraction of sp³-hybridized carbons (Fsp3) is 0.278. The van der Waals surface area contributed by atoms with Gasteiger partial charge in [-0.2, -0.15) is 0 Å². The summed E-state index contributed by atoms with van der Waals surface area (Å²) in [6.45, 7) is 2.00. The van der Waals surface area contributed by atoms with Crippen LogP contribution in [0.3, 0.4) is 0 Å². The first-order chi connectivity index (χ1) is 10.7. The maximum absolute atomic E-state index is 12.4. The molecule has 1 heterocycles. The zero-order chi connectivity index (χ0) is 15.5. The minimum Gasteiger partial charge on any atom is -0.439 e. The molecule has 1 fully saturated rings. The number of amides is 1. The molecule has 1 aliphatic rings. The van der Waals surface area contributed by atoms with Crippen LogP contribution in [0.5, 0.6) is 0 Å². The van der Waals surface area contributed by atoms with Gasteiger partial charge in [0, 0.05) is 5.88 Å². The van der Waals surface area contributed by atoms with E-state index in [4.69, 9.17) is 16.3 Å². The molecule has 1 aliphatic heterocycles. The summed E-state index contributed by atoms with van der Waals surface area (Å²) < 4.78 is 5.61. The van der Waals surface area contributed by atoms with E-state index in [1.807, 2.05) is 67.6 Å². The van der Waals surface area contributed by atoms with E-state index in [-0.39, 0.29) is 24.3 Å².